The van der Waals surface area contributed by atoms with Crippen molar-refractivity contribution in [1.82, 2.24) is 5.32 Å². The van der Waals surface area contributed by atoms with Gasteiger partial charge in [0.05, 0.1) is 25.4 Å². The number of carbonyl (C=O) groups is 1. The molecule has 7 unspecified atom stereocenters. The first-order chi connectivity index (χ1) is 34.3. The Balaban J connectivity index is 2.28. The minimum absolute atomic E-state index is 0.202. The lowest BCUT2D eigenvalue weighted by Gasteiger charge is -2.40. The molecule has 0 aliphatic carbocycles. The van der Waals surface area contributed by atoms with Crippen molar-refractivity contribution in [2.75, 3.05) is 13.2 Å². The van der Waals surface area contributed by atoms with Gasteiger partial charge in [-0.3, -0.25) is 4.79 Å². The van der Waals surface area contributed by atoms with Gasteiger partial charge in [0, 0.05) is 6.42 Å². The monoisotopic (exact) mass is 982 g/mol. The molecule has 1 aliphatic rings. The Kier molecular flexibility index (Phi) is 46.6. The highest BCUT2D eigenvalue weighted by atomic mass is 16.7. The van der Waals surface area contributed by atoms with Crippen LogP contribution in [0, 0.1) is 0 Å². The predicted molar refractivity (Wildman–Crippen MR) is 295 cm³/mol. The van der Waals surface area contributed by atoms with Gasteiger partial charge in [-0.1, -0.05) is 247 Å². The van der Waals surface area contributed by atoms with Crippen LogP contribution in [-0.4, -0.2) is 87.5 Å². The van der Waals surface area contributed by atoms with Crippen LogP contribution < -0.4 is 5.32 Å². The normalized spacial score (nSPS) is 20.0. The predicted octanol–water partition coefficient (Wildman–Crippen LogP) is 14.2. The van der Waals surface area contributed by atoms with E-state index in [-0.39, 0.29) is 12.5 Å². The van der Waals surface area contributed by atoms with Crippen molar-refractivity contribution in [3.63, 3.8) is 0 Å². The first-order valence-electron chi connectivity index (χ1n) is 28.8. The second-order valence-electron chi connectivity index (χ2n) is 19.7. The van der Waals surface area contributed by atoms with Crippen molar-refractivity contribution >= 4 is 5.91 Å². The van der Waals surface area contributed by atoms with Crippen molar-refractivity contribution < 1.29 is 39.8 Å². The lowest BCUT2D eigenvalue weighted by Crippen LogP contribution is -2.60. The summed E-state index contributed by atoms with van der Waals surface area (Å²) in [5.41, 5.74) is 0. The van der Waals surface area contributed by atoms with Gasteiger partial charge in [-0.25, -0.2) is 0 Å². The molecule has 0 aromatic rings. The fourth-order valence-corrected chi connectivity index (χ4v) is 8.69. The van der Waals surface area contributed by atoms with Crippen LogP contribution in [0.2, 0.25) is 0 Å². The molecule has 70 heavy (non-hydrogen) atoms. The van der Waals surface area contributed by atoms with Gasteiger partial charge >= 0.3 is 0 Å². The summed E-state index contributed by atoms with van der Waals surface area (Å²) in [7, 11) is 0. The van der Waals surface area contributed by atoms with Crippen molar-refractivity contribution in [3.05, 3.63) is 85.1 Å². The molecule has 0 bridgehead atoms. The van der Waals surface area contributed by atoms with E-state index in [1.165, 1.54) is 128 Å². The molecule has 9 heteroatoms. The zero-order chi connectivity index (χ0) is 50.8. The van der Waals surface area contributed by atoms with Gasteiger partial charge in [0.15, 0.2) is 6.29 Å². The van der Waals surface area contributed by atoms with E-state index in [1.807, 2.05) is 6.08 Å². The molecule has 1 rings (SSSR count). The molecule has 6 N–H and O–H groups in total. The van der Waals surface area contributed by atoms with Gasteiger partial charge in [-0.15, -0.1) is 0 Å². The van der Waals surface area contributed by atoms with Crippen LogP contribution in [0.15, 0.2) is 85.1 Å². The number of unbranched alkanes of at least 4 members (excludes halogenated alkanes) is 26. The van der Waals surface area contributed by atoms with Gasteiger partial charge in [0.25, 0.3) is 0 Å². The molecule has 1 amide bonds. The third kappa shape index (κ3) is 39.0. The smallest absolute Gasteiger partial charge is 0.220 e. The fraction of sp³-hybridized carbons (Fsp3) is 0.754. The SMILES string of the molecule is CC/C=C\C/C=C\C/C=C\C/C=C\C/C=C\C/C=C\CCCCCCC(=O)NC(COC1OC(CO)C(O)C(O)C1O)C(O)/C=C/CCCCCCCCCCCCCCCCCCCCCCCC. The average molecular weight is 983 g/mol. The largest absolute Gasteiger partial charge is 0.394 e. The van der Waals surface area contributed by atoms with E-state index in [0.29, 0.717) is 6.42 Å². The molecular weight excluding hydrogens is 875 g/mol. The van der Waals surface area contributed by atoms with Crippen LogP contribution in [0.1, 0.15) is 239 Å². The van der Waals surface area contributed by atoms with Crippen LogP contribution in [0.3, 0.4) is 0 Å². The molecule has 0 spiro atoms. The van der Waals surface area contributed by atoms with Crippen LogP contribution in [0.5, 0.6) is 0 Å². The maximum atomic E-state index is 13.0. The topological polar surface area (TPSA) is 149 Å². The number of rotatable bonds is 48. The van der Waals surface area contributed by atoms with E-state index >= 15 is 0 Å². The molecule has 9 nitrogen and oxygen atoms in total. The number of hydrogen-bond acceptors (Lipinski definition) is 8. The number of aliphatic hydroxyl groups is 5. The minimum Gasteiger partial charge on any atom is -0.394 e. The van der Waals surface area contributed by atoms with Crippen molar-refractivity contribution in [1.29, 1.82) is 0 Å². The van der Waals surface area contributed by atoms with E-state index in [9.17, 15) is 30.3 Å². The Morgan fingerprint density at radius 2 is 0.886 bits per heavy atom. The van der Waals surface area contributed by atoms with E-state index in [2.05, 4.69) is 92.1 Å². The number of ether oxygens (including phenoxy) is 2. The standard InChI is InChI=1S/C61H107NO8/c1-3-5-7-9-11-13-15-17-19-21-23-25-27-29-30-32-34-36-38-40-42-44-46-48-50-55(64)54(53-69-61-60(68)59(67)58(66)56(52-63)70-61)62-57(65)51-49-47-45-43-41-39-37-35-33-31-28-26-24-22-20-18-16-14-12-10-8-6-4-2/h6,8,12,14,18,20,24,26,31,33,37,39,48,50,54-56,58-61,63-64,66-68H,3-5,7,9-11,13,15-17,19,21-23,25,27-30,32,34-36,38,40-47,49,51-53H2,1-2H3,(H,62,65)/b8-6-,14-12-,20-18-,26-24-,33-31-,39-37-,50-48+. The van der Waals surface area contributed by atoms with Crippen LogP contribution in [0.25, 0.3) is 0 Å². The molecule has 0 aromatic carbocycles. The molecule has 0 saturated carbocycles. The molecular formula is C61H107NO8. The molecule has 404 valence electrons. The molecule has 7 atom stereocenters. The lowest BCUT2D eigenvalue weighted by molar-refractivity contribution is -0.302. The quantitative estimate of drug-likeness (QED) is 0.0261. The zero-order valence-electron chi connectivity index (χ0n) is 44.7. The second kappa shape index (κ2) is 49.9. The number of nitrogens with one attached hydrogen (secondary N) is 1. The third-order valence-electron chi connectivity index (χ3n) is 13.2. The molecule has 0 radical (unpaired) electrons. The van der Waals surface area contributed by atoms with Crippen LogP contribution in [0.4, 0.5) is 0 Å². The van der Waals surface area contributed by atoms with E-state index in [1.54, 1.807) is 6.08 Å². The van der Waals surface area contributed by atoms with Gasteiger partial charge in [-0.2, -0.15) is 0 Å². The number of amides is 1. The van der Waals surface area contributed by atoms with E-state index in [4.69, 9.17) is 9.47 Å². The van der Waals surface area contributed by atoms with E-state index in [0.717, 1.165) is 89.9 Å². The fourth-order valence-electron chi connectivity index (χ4n) is 8.69. The van der Waals surface area contributed by atoms with Gasteiger partial charge < -0.3 is 40.3 Å². The summed E-state index contributed by atoms with van der Waals surface area (Å²) in [5.74, 6) is -0.202. The highest BCUT2D eigenvalue weighted by molar-refractivity contribution is 5.76. The number of aliphatic hydroxyl groups excluding tert-OH is 5. The third-order valence-corrected chi connectivity index (χ3v) is 13.2. The summed E-state index contributed by atoms with van der Waals surface area (Å²) in [5, 5.41) is 54.5. The van der Waals surface area contributed by atoms with Crippen molar-refractivity contribution in [2.24, 2.45) is 0 Å². The van der Waals surface area contributed by atoms with Gasteiger partial charge in [0.1, 0.15) is 24.4 Å². The summed E-state index contributed by atoms with van der Waals surface area (Å²) in [4.78, 5) is 13.0. The van der Waals surface area contributed by atoms with Gasteiger partial charge in [-0.05, 0) is 70.6 Å². The number of hydrogen-bond donors (Lipinski definition) is 6. The average Bonchev–Trinajstić information content (AvgIpc) is 3.36. The Bertz CT molecular complexity index is 1370. The molecule has 0 aromatic heterocycles. The Morgan fingerprint density at radius 1 is 0.500 bits per heavy atom. The summed E-state index contributed by atoms with van der Waals surface area (Å²) in [6, 6.07) is -0.825. The summed E-state index contributed by atoms with van der Waals surface area (Å²) in [6.45, 7) is 3.66. The van der Waals surface area contributed by atoms with Crippen molar-refractivity contribution in [3.8, 4) is 0 Å². The minimum atomic E-state index is -1.58. The Hall–Kier alpha value is -2.63. The van der Waals surface area contributed by atoms with E-state index < -0.39 is 49.5 Å². The molecule has 1 aliphatic heterocycles. The molecule has 1 fully saturated rings. The summed E-state index contributed by atoms with van der Waals surface area (Å²) < 4.78 is 11.3. The summed E-state index contributed by atoms with van der Waals surface area (Å²) >= 11 is 0. The lowest BCUT2D eigenvalue weighted by atomic mass is 9.99. The van der Waals surface area contributed by atoms with Crippen LogP contribution in [-0.2, 0) is 14.3 Å². The Morgan fingerprint density at radius 3 is 1.31 bits per heavy atom. The highest BCUT2D eigenvalue weighted by Crippen LogP contribution is 2.23. The highest BCUT2D eigenvalue weighted by Gasteiger charge is 2.44. The first kappa shape index (κ1) is 65.4. The molecule has 1 saturated heterocycles. The zero-order valence-corrected chi connectivity index (χ0v) is 44.7. The number of carbonyl (C=O) groups excluding carboxylic acids is 1. The first-order valence-corrected chi connectivity index (χ1v) is 28.8. The molecule has 1 heterocycles. The Labute approximate surface area is 429 Å². The maximum Gasteiger partial charge on any atom is 0.220 e. The number of allylic oxidation sites excluding steroid dienone is 13. The van der Waals surface area contributed by atoms with Gasteiger partial charge in [0.2, 0.25) is 5.91 Å². The van der Waals surface area contributed by atoms with Crippen molar-refractivity contribution in [2.45, 2.75) is 281 Å². The summed E-state index contributed by atoms with van der Waals surface area (Å²) in [6.07, 6.45) is 63.5. The van der Waals surface area contributed by atoms with Crippen LogP contribution >= 0.6 is 0 Å². The second-order valence-corrected chi connectivity index (χ2v) is 19.7. The maximum absolute atomic E-state index is 13.0.